The van der Waals surface area contributed by atoms with E-state index >= 15 is 0 Å². The molecule has 0 heterocycles. The second-order valence-corrected chi connectivity index (χ2v) is 9.79. The van der Waals surface area contributed by atoms with Crippen LogP contribution in [0.3, 0.4) is 0 Å². The fraction of sp³-hybridized carbons (Fsp3) is 0.240. The Kier molecular flexibility index (Phi) is 7.66. The van der Waals surface area contributed by atoms with Crippen LogP contribution in [0.2, 0.25) is 5.02 Å². The Labute approximate surface area is 200 Å². The first-order valence-corrected chi connectivity index (χ1v) is 12.4. The lowest BCUT2D eigenvalue weighted by Crippen LogP contribution is -2.28. The molecule has 0 spiro atoms. The monoisotopic (exact) mass is 486 g/mol. The van der Waals surface area contributed by atoms with Crippen molar-refractivity contribution in [2.75, 3.05) is 11.8 Å². The third kappa shape index (κ3) is 5.67. The van der Waals surface area contributed by atoms with E-state index in [2.05, 4.69) is 10.0 Å². The minimum Gasteiger partial charge on any atom is -0.496 e. The number of rotatable bonds is 8. The molecule has 6 nitrogen and oxygen atoms in total. The standard InChI is InChI=1S/C25H27ClN2O4S/c1-5-21(18-11-13-23(32-4)17(3)14-18)27-25(29)19-10-12-20(26)24(15-19)33(30,31)28-22-9-7-6-8-16(22)2/h6-15,21,28H,5H2,1-4H3,(H,27,29)/t21-/m1/s1. The zero-order valence-corrected chi connectivity index (χ0v) is 20.5. The molecule has 0 unspecified atom stereocenters. The van der Waals surface area contributed by atoms with Crippen LogP contribution in [0.4, 0.5) is 5.69 Å². The number of nitrogens with one attached hydrogen (secondary N) is 2. The van der Waals surface area contributed by atoms with E-state index in [1.54, 1.807) is 32.2 Å². The molecule has 2 N–H and O–H groups in total. The maximum atomic E-state index is 13.0. The number of benzene rings is 3. The number of ether oxygens (including phenoxy) is 1. The largest absolute Gasteiger partial charge is 0.496 e. The second-order valence-electron chi connectivity index (χ2n) is 7.73. The molecule has 0 aromatic heterocycles. The molecule has 3 rings (SSSR count). The summed E-state index contributed by atoms with van der Waals surface area (Å²) >= 11 is 6.20. The number of para-hydroxylation sites is 1. The molecule has 3 aromatic rings. The van der Waals surface area contributed by atoms with Crippen molar-refractivity contribution >= 4 is 33.2 Å². The molecule has 33 heavy (non-hydrogen) atoms. The summed E-state index contributed by atoms with van der Waals surface area (Å²) in [7, 11) is -2.39. The Hall–Kier alpha value is -3.03. The molecule has 0 aliphatic rings. The normalized spacial score (nSPS) is 12.2. The molecule has 0 radical (unpaired) electrons. The number of amides is 1. The van der Waals surface area contributed by atoms with Crippen LogP contribution in [0.25, 0.3) is 0 Å². The Bertz CT molecular complexity index is 1280. The minimum atomic E-state index is -4.00. The molecule has 8 heteroatoms. The number of methoxy groups -OCH3 is 1. The SMILES string of the molecule is CC[C@@H](NC(=O)c1ccc(Cl)c(S(=O)(=O)Nc2ccccc2C)c1)c1ccc(OC)c(C)c1. The highest BCUT2D eigenvalue weighted by molar-refractivity contribution is 7.92. The molecule has 0 aliphatic carbocycles. The fourth-order valence-electron chi connectivity index (χ4n) is 3.52. The number of sulfonamides is 1. The van der Waals surface area contributed by atoms with Gasteiger partial charge in [-0.25, -0.2) is 8.42 Å². The van der Waals surface area contributed by atoms with Crippen LogP contribution in [0.15, 0.2) is 65.6 Å². The number of aryl methyl sites for hydroxylation is 2. The summed E-state index contributed by atoms with van der Waals surface area (Å²) in [4.78, 5) is 12.8. The molecule has 0 saturated carbocycles. The maximum Gasteiger partial charge on any atom is 0.263 e. The summed E-state index contributed by atoms with van der Waals surface area (Å²) < 4.78 is 33.9. The van der Waals surface area contributed by atoms with Crippen molar-refractivity contribution in [3.05, 3.63) is 87.9 Å². The van der Waals surface area contributed by atoms with Crippen LogP contribution in [-0.4, -0.2) is 21.4 Å². The summed E-state index contributed by atoms with van der Waals surface area (Å²) in [5.41, 5.74) is 3.32. The first-order chi connectivity index (χ1) is 15.7. The molecular formula is C25H27ClN2O4S. The van der Waals surface area contributed by atoms with Crippen molar-refractivity contribution in [1.29, 1.82) is 0 Å². The highest BCUT2D eigenvalue weighted by Gasteiger charge is 2.22. The minimum absolute atomic E-state index is 0.0328. The topological polar surface area (TPSA) is 84.5 Å². The Morgan fingerprint density at radius 2 is 1.76 bits per heavy atom. The number of anilines is 1. The van der Waals surface area contributed by atoms with Gasteiger partial charge in [0.1, 0.15) is 10.6 Å². The third-order valence-corrected chi connectivity index (χ3v) is 7.25. The van der Waals surface area contributed by atoms with Gasteiger partial charge in [0.25, 0.3) is 15.9 Å². The van der Waals surface area contributed by atoms with Crippen LogP contribution in [0.1, 0.15) is 46.4 Å². The van der Waals surface area contributed by atoms with Crippen LogP contribution < -0.4 is 14.8 Å². The van der Waals surface area contributed by atoms with E-state index in [-0.39, 0.29) is 27.4 Å². The number of hydrogen-bond donors (Lipinski definition) is 2. The number of carbonyl (C=O) groups excluding carboxylic acids is 1. The van der Waals surface area contributed by atoms with Gasteiger partial charge in [0.15, 0.2) is 0 Å². The van der Waals surface area contributed by atoms with Gasteiger partial charge in [0.05, 0.1) is 23.9 Å². The molecule has 0 saturated heterocycles. The summed E-state index contributed by atoms with van der Waals surface area (Å²) in [6.45, 7) is 5.71. The van der Waals surface area contributed by atoms with Gasteiger partial charge in [0, 0.05) is 5.56 Å². The van der Waals surface area contributed by atoms with Gasteiger partial charge in [-0.05, 0) is 67.3 Å². The second kappa shape index (κ2) is 10.3. The zero-order chi connectivity index (χ0) is 24.2. The summed E-state index contributed by atoms with van der Waals surface area (Å²) in [5.74, 6) is 0.382. The predicted octanol–water partition coefficient (Wildman–Crippen LogP) is 5.65. The number of carbonyl (C=O) groups is 1. The van der Waals surface area contributed by atoms with E-state index in [0.29, 0.717) is 12.1 Å². The molecule has 1 amide bonds. The maximum absolute atomic E-state index is 13.0. The molecule has 174 valence electrons. The smallest absolute Gasteiger partial charge is 0.263 e. The van der Waals surface area contributed by atoms with E-state index in [4.69, 9.17) is 16.3 Å². The van der Waals surface area contributed by atoms with Crippen molar-refractivity contribution in [1.82, 2.24) is 5.32 Å². The van der Waals surface area contributed by atoms with Gasteiger partial charge in [0.2, 0.25) is 0 Å². The highest BCUT2D eigenvalue weighted by Crippen LogP contribution is 2.28. The molecular weight excluding hydrogens is 460 g/mol. The highest BCUT2D eigenvalue weighted by atomic mass is 35.5. The van der Waals surface area contributed by atoms with Gasteiger partial charge in [-0.2, -0.15) is 0 Å². The van der Waals surface area contributed by atoms with Crippen LogP contribution in [0.5, 0.6) is 5.75 Å². The summed E-state index contributed by atoms with van der Waals surface area (Å²) in [5, 5.41) is 3.02. The van der Waals surface area contributed by atoms with Gasteiger partial charge in [-0.1, -0.05) is 48.9 Å². The molecule has 0 aliphatic heterocycles. The van der Waals surface area contributed by atoms with Gasteiger partial charge >= 0.3 is 0 Å². The lowest BCUT2D eigenvalue weighted by atomic mass is 10.0. The fourth-order valence-corrected chi connectivity index (χ4v) is 5.18. The van der Waals surface area contributed by atoms with Crippen molar-refractivity contribution in [3.63, 3.8) is 0 Å². The number of halogens is 1. The number of hydrogen-bond acceptors (Lipinski definition) is 4. The van der Waals surface area contributed by atoms with E-state index in [1.165, 1.54) is 18.2 Å². The van der Waals surface area contributed by atoms with Gasteiger partial charge in [-0.3, -0.25) is 9.52 Å². The zero-order valence-electron chi connectivity index (χ0n) is 19.0. The first-order valence-electron chi connectivity index (χ1n) is 10.5. The Balaban J connectivity index is 1.86. The summed E-state index contributed by atoms with van der Waals surface area (Å²) in [6.07, 6.45) is 0.658. The molecule has 1 atom stereocenters. The molecule has 0 bridgehead atoms. The van der Waals surface area contributed by atoms with E-state index in [9.17, 15) is 13.2 Å². The Morgan fingerprint density at radius 3 is 2.39 bits per heavy atom. The average Bonchev–Trinajstić information content (AvgIpc) is 2.78. The lowest BCUT2D eigenvalue weighted by molar-refractivity contribution is 0.0935. The van der Waals surface area contributed by atoms with Gasteiger partial charge < -0.3 is 10.1 Å². The summed E-state index contributed by atoms with van der Waals surface area (Å²) in [6, 6.07) is 16.7. The van der Waals surface area contributed by atoms with Crippen LogP contribution in [0, 0.1) is 13.8 Å². The lowest BCUT2D eigenvalue weighted by Gasteiger charge is -2.19. The first kappa shape index (κ1) is 24.6. The average molecular weight is 487 g/mol. The van der Waals surface area contributed by atoms with Crippen molar-refractivity contribution in [2.45, 2.75) is 38.1 Å². The van der Waals surface area contributed by atoms with E-state index < -0.39 is 10.0 Å². The predicted molar refractivity (Wildman–Crippen MR) is 132 cm³/mol. The van der Waals surface area contributed by atoms with Crippen molar-refractivity contribution < 1.29 is 17.9 Å². The van der Waals surface area contributed by atoms with Crippen molar-refractivity contribution in [2.24, 2.45) is 0 Å². The van der Waals surface area contributed by atoms with E-state index in [0.717, 1.165) is 22.4 Å². The van der Waals surface area contributed by atoms with Gasteiger partial charge in [-0.15, -0.1) is 0 Å². The molecule has 0 fully saturated rings. The quantitative estimate of drug-likeness (QED) is 0.431. The molecule has 3 aromatic carbocycles. The third-order valence-electron chi connectivity index (χ3n) is 5.41. The van der Waals surface area contributed by atoms with Crippen molar-refractivity contribution in [3.8, 4) is 5.75 Å². The van der Waals surface area contributed by atoms with Crippen LogP contribution >= 0.6 is 11.6 Å². The van der Waals surface area contributed by atoms with E-state index in [1.807, 2.05) is 38.1 Å². The van der Waals surface area contributed by atoms with Crippen LogP contribution in [-0.2, 0) is 10.0 Å². The Morgan fingerprint density at radius 1 is 1.03 bits per heavy atom.